The Balaban J connectivity index is 2.47. The average molecular weight is 276 g/mol. The summed E-state index contributed by atoms with van der Waals surface area (Å²) in [7, 11) is 0. The number of pyridine rings is 1. The lowest BCUT2D eigenvalue weighted by Crippen LogP contribution is -2.03. The first-order valence-electron chi connectivity index (χ1n) is 5.35. The van der Waals surface area contributed by atoms with Crippen molar-refractivity contribution in [3.63, 3.8) is 0 Å². The maximum atomic E-state index is 11.1. The molecule has 0 atom stereocenters. The molecule has 2 heterocycles. The fourth-order valence-electron chi connectivity index (χ4n) is 1.51. The van der Waals surface area contributed by atoms with Gasteiger partial charge in [0.15, 0.2) is 5.78 Å². The van der Waals surface area contributed by atoms with Gasteiger partial charge in [0.2, 0.25) is 5.69 Å². The van der Waals surface area contributed by atoms with Gasteiger partial charge in [0.25, 0.3) is 0 Å². The third-order valence-electron chi connectivity index (χ3n) is 2.47. The smallest absolute Gasteiger partial charge is 0.363 e. The van der Waals surface area contributed by atoms with E-state index in [2.05, 4.69) is 10.1 Å². The SMILES string of the molecule is CC(=O)c1ccc(-n2cc([N+](=O)[O-])c(C(=O)O)n2)cn1. The highest BCUT2D eigenvalue weighted by atomic mass is 16.6. The summed E-state index contributed by atoms with van der Waals surface area (Å²) in [6.07, 6.45) is 2.26. The predicted molar refractivity (Wildman–Crippen MR) is 65.0 cm³/mol. The van der Waals surface area contributed by atoms with Crippen LogP contribution in [0.4, 0.5) is 5.69 Å². The number of nitrogens with zero attached hydrogens (tertiary/aromatic N) is 4. The van der Waals surface area contributed by atoms with Crippen LogP contribution >= 0.6 is 0 Å². The lowest BCUT2D eigenvalue weighted by atomic mass is 10.2. The Bertz CT molecular complexity index is 673. The number of hydrogen-bond acceptors (Lipinski definition) is 6. The maximum absolute atomic E-state index is 11.1. The molecule has 0 amide bonds. The van der Waals surface area contributed by atoms with E-state index in [1.807, 2.05) is 0 Å². The van der Waals surface area contributed by atoms with Crippen LogP contribution < -0.4 is 0 Å². The standard InChI is InChI=1S/C11H8N4O5/c1-6(16)8-3-2-7(4-12-8)14-5-9(15(19)20)10(13-14)11(17)18/h2-5H,1H3,(H,17,18). The number of aromatic carboxylic acids is 1. The summed E-state index contributed by atoms with van der Waals surface area (Å²) in [5, 5.41) is 23.2. The number of nitro groups is 1. The Morgan fingerprint density at radius 2 is 2.10 bits per heavy atom. The Kier molecular flexibility index (Phi) is 3.25. The molecule has 0 aliphatic carbocycles. The van der Waals surface area contributed by atoms with Crippen molar-refractivity contribution in [3.8, 4) is 5.69 Å². The number of carbonyl (C=O) groups excluding carboxylic acids is 1. The van der Waals surface area contributed by atoms with Crippen molar-refractivity contribution in [2.24, 2.45) is 0 Å². The van der Waals surface area contributed by atoms with Gasteiger partial charge in [-0.2, -0.15) is 5.10 Å². The Morgan fingerprint density at radius 1 is 1.40 bits per heavy atom. The average Bonchev–Trinajstić information content (AvgIpc) is 2.84. The summed E-state index contributed by atoms with van der Waals surface area (Å²) >= 11 is 0. The summed E-state index contributed by atoms with van der Waals surface area (Å²) < 4.78 is 1.03. The summed E-state index contributed by atoms with van der Waals surface area (Å²) in [5.41, 5.74) is -0.738. The van der Waals surface area contributed by atoms with Gasteiger partial charge in [-0.15, -0.1) is 0 Å². The normalized spacial score (nSPS) is 10.2. The maximum Gasteiger partial charge on any atom is 0.363 e. The van der Waals surface area contributed by atoms with E-state index < -0.39 is 22.3 Å². The molecule has 9 nitrogen and oxygen atoms in total. The second kappa shape index (κ2) is 4.88. The number of carboxylic acid groups (broad SMARTS) is 1. The van der Waals surface area contributed by atoms with Gasteiger partial charge < -0.3 is 5.11 Å². The molecular formula is C11H8N4O5. The molecule has 1 N–H and O–H groups in total. The van der Waals surface area contributed by atoms with Gasteiger partial charge in [-0.05, 0) is 12.1 Å². The van der Waals surface area contributed by atoms with Crippen molar-refractivity contribution >= 4 is 17.4 Å². The lowest BCUT2D eigenvalue weighted by Gasteiger charge is -2.00. The summed E-state index contributed by atoms with van der Waals surface area (Å²) in [4.78, 5) is 35.7. The summed E-state index contributed by atoms with van der Waals surface area (Å²) in [6, 6.07) is 2.89. The van der Waals surface area contributed by atoms with Crippen LogP contribution in [0, 0.1) is 10.1 Å². The van der Waals surface area contributed by atoms with Gasteiger partial charge in [0, 0.05) is 6.92 Å². The predicted octanol–water partition coefficient (Wildman–Crippen LogP) is 1.08. The van der Waals surface area contributed by atoms with Crippen LogP contribution in [-0.2, 0) is 0 Å². The largest absolute Gasteiger partial charge is 0.476 e. The fourth-order valence-corrected chi connectivity index (χ4v) is 1.51. The molecule has 0 aromatic carbocycles. The van der Waals surface area contributed by atoms with E-state index >= 15 is 0 Å². The molecule has 9 heteroatoms. The first kappa shape index (κ1) is 13.3. The molecule has 20 heavy (non-hydrogen) atoms. The highest BCUT2D eigenvalue weighted by molar-refractivity contribution is 5.92. The molecule has 0 saturated carbocycles. The van der Waals surface area contributed by atoms with Crippen LogP contribution in [0.2, 0.25) is 0 Å². The highest BCUT2D eigenvalue weighted by Crippen LogP contribution is 2.19. The molecule has 0 saturated heterocycles. The molecule has 0 fully saturated rings. The zero-order chi connectivity index (χ0) is 14.9. The van der Waals surface area contributed by atoms with E-state index in [4.69, 9.17) is 5.11 Å². The Labute approximate surface area is 111 Å². The van der Waals surface area contributed by atoms with Crippen LogP contribution in [-0.4, -0.2) is 36.5 Å². The second-order valence-electron chi connectivity index (χ2n) is 3.83. The zero-order valence-corrected chi connectivity index (χ0v) is 10.2. The lowest BCUT2D eigenvalue weighted by molar-refractivity contribution is -0.385. The minimum absolute atomic E-state index is 0.228. The van der Waals surface area contributed by atoms with E-state index in [0.717, 1.165) is 10.9 Å². The number of carbonyl (C=O) groups is 2. The van der Waals surface area contributed by atoms with Crippen LogP contribution in [0.5, 0.6) is 0 Å². The third-order valence-corrected chi connectivity index (χ3v) is 2.47. The molecule has 0 radical (unpaired) electrons. The molecule has 2 aromatic rings. The Hall–Kier alpha value is -3.10. The van der Waals surface area contributed by atoms with Crippen LogP contribution in [0.3, 0.4) is 0 Å². The molecule has 0 aliphatic heterocycles. The molecule has 2 rings (SSSR count). The topological polar surface area (TPSA) is 128 Å². The highest BCUT2D eigenvalue weighted by Gasteiger charge is 2.25. The van der Waals surface area contributed by atoms with Gasteiger partial charge in [-0.3, -0.25) is 19.9 Å². The van der Waals surface area contributed by atoms with Gasteiger partial charge in [0.1, 0.15) is 11.9 Å². The number of rotatable bonds is 4. The molecule has 0 bridgehead atoms. The number of aromatic nitrogens is 3. The van der Waals surface area contributed by atoms with Crippen molar-refractivity contribution in [1.29, 1.82) is 0 Å². The minimum Gasteiger partial charge on any atom is -0.476 e. The minimum atomic E-state index is -1.50. The van der Waals surface area contributed by atoms with Gasteiger partial charge in [-0.25, -0.2) is 9.48 Å². The van der Waals surface area contributed by atoms with E-state index in [1.165, 1.54) is 25.3 Å². The molecule has 2 aromatic heterocycles. The molecule has 0 spiro atoms. The van der Waals surface area contributed by atoms with E-state index in [-0.39, 0.29) is 11.5 Å². The van der Waals surface area contributed by atoms with E-state index in [1.54, 1.807) is 0 Å². The van der Waals surface area contributed by atoms with Gasteiger partial charge >= 0.3 is 11.7 Å². The van der Waals surface area contributed by atoms with Crippen LogP contribution in [0.1, 0.15) is 27.9 Å². The molecular weight excluding hydrogens is 268 g/mol. The Morgan fingerprint density at radius 3 is 2.50 bits per heavy atom. The molecule has 0 unspecified atom stereocenters. The van der Waals surface area contributed by atoms with Crippen molar-refractivity contribution < 1.29 is 19.6 Å². The van der Waals surface area contributed by atoms with Crippen molar-refractivity contribution in [3.05, 3.63) is 46.0 Å². The number of carboxylic acids is 1. The van der Waals surface area contributed by atoms with Gasteiger partial charge in [0.05, 0.1) is 16.8 Å². The first-order valence-corrected chi connectivity index (χ1v) is 5.35. The second-order valence-corrected chi connectivity index (χ2v) is 3.83. The van der Waals surface area contributed by atoms with Gasteiger partial charge in [-0.1, -0.05) is 0 Å². The zero-order valence-electron chi connectivity index (χ0n) is 10.2. The summed E-state index contributed by atoms with van der Waals surface area (Å²) in [6.45, 7) is 1.35. The quantitative estimate of drug-likeness (QED) is 0.502. The van der Waals surface area contributed by atoms with Crippen LogP contribution in [0.25, 0.3) is 5.69 Å². The third kappa shape index (κ3) is 2.36. The first-order chi connectivity index (χ1) is 9.40. The van der Waals surface area contributed by atoms with Crippen molar-refractivity contribution in [1.82, 2.24) is 14.8 Å². The number of hydrogen-bond donors (Lipinski definition) is 1. The van der Waals surface area contributed by atoms with E-state index in [9.17, 15) is 19.7 Å². The number of ketones is 1. The monoisotopic (exact) mass is 276 g/mol. The fraction of sp³-hybridized carbons (Fsp3) is 0.0909. The number of Topliss-reactive ketones (excluding diaryl/α,β-unsaturated/α-hetero) is 1. The molecule has 102 valence electrons. The van der Waals surface area contributed by atoms with Crippen molar-refractivity contribution in [2.75, 3.05) is 0 Å². The van der Waals surface area contributed by atoms with E-state index in [0.29, 0.717) is 5.69 Å². The van der Waals surface area contributed by atoms with Crippen LogP contribution in [0.15, 0.2) is 24.5 Å². The molecule has 0 aliphatic rings. The summed E-state index contributed by atoms with van der Waals surface area (Å²) in [5.74, 6) is -1.72. The van der Waals surface area contributed by atoms with Crippen molar-refractivity contribution in [2.45, 2.75) is 6.92 Å².